The van der Waals surface area contributed by atoms with E-state index in [0.717, 1.165) is 44.1 Å². The molecule has 3 rings (SSSR count). The van der Waals surface area contributed by atoms with Gasteiger partial charge in [0.2, 0.25) is 0 Å². The summed E-state index contributed by atoms with van der Waals surface area (Å²) in [7, 11) is 1.42. The number of ether oxygens (including phenoxy) is 2. The molecule has 30 heavy (non-hydrogen) atoms. The third kappa shape index (κ3) is 3.97. The van der Waals surface area contributed by atoms with Gasteiger partial charge in [0, 0.05) is 25.2 Å². The van der Waals surface area contributed by atoms with Crippen molar-refractivity contribution >= 4 is 17.7 Å². The Balaban J connectivity index is 1.91. The quantitative estimate of drug-likeness (QED) is 0.543. The molecule has 0 aliphatic heterocycles. The van der Waals surface area contributed by atoms with Gasteiger partial charge in [0.25, 0.3) is 0 Å². The van der Waals surface area contributed by atoms with Gasteiger partial charge in [-0.05, 0) is 73.7 Å². The molecule has 0 amide bonds. The summed E-state index contributed by atoms with van der Waals surface area (Å²) in [5.41, 5.74) is 0.645. The zero-order valence-corrected chi connectivity index (χ0v) is 19.3. The average Bonchev–Trinajstić information content (AvgIpc) is 3.02. The third-order valence-electron chi connectivity index (χ3n) is 8.54. The van der Waals surface area contributed by atoms with E-state index in [-0.39, 0.29) is 34.7 Å². The van der Waals surface area contributed by atoms with E-state index in [4.69, 9.17) is 9.47 Å². The number of hydrogen-bond acceptors (Lipinski definition) is 5. The second kappa shape index (κ2) is 8.84. The number of hydrogen-bond donors (Lipinski definition) is 0. The molecule has 5 heteroatoms. The molecule has 6 atom stereocenters. The fourth-order valence-corrected chi connectivity index (χ4v) is 7.02. The van der Waals surface area contributed by atoms with Gasteiger partial charge >= 0.3 is 11.9 Å². The molecule has 0 radical (unpaired) electrons. The van der Waals surface area contributed by atoms with Crippen LogP contribution in [0.25, 0.3) is 0 Å². The summed E-state index contributed by atoms with van der Waals surface area (Å²) in [5.74, 6) is 1.15. The van der Waals surface area contributed by atoms with Gasteiger partial charge in [-0.2, -0.15) is 0 Å². The minimum Gasteiger partial charge on any atom is -0.469 e. The predicted molar refractivity (Wildman–Crippen MR) is 115 cm³/mol. The van der Waals surface area contributed by atoms with Gasteiger partial charge in [-0.15, -0.1) is 0 Å². The summed E-state index contributed by atoms with van der Waals surface area (Å²) in [6, 6.07) is 0. The molecule has 0 N–H and O–H groups in total. The number of ketones is 1. The first-order valence-corrected chi connectivity index (χ1v) is 11.6. The maximum Gasteiger partial charge on any atom is 0.305 e. The fraction of sp³-hybridized carbons (Fsp3) is 0.800. The molecule has 0 bridgehead atoms. The number of carbonyl (C=O) groups is 3. The predicted octanol–water partition coefficient (Wildman–Crippen LogP) is 5.02. The van der Waals surface area contributed by atoms with Crippen LogP contribution >= 0.6 is 0 Å². The van der Waals surface area contributed by atoms with E-state index < -0.39 is 0 Å². The van der Waals surface area contributed by atoms with Crippen LogP contribution in [-0.2, 0) is 23.9 Å². The van der Waals surface area contributed by atoms with Crippen LogP contribution in [0, 0.1) is 28.6 Å². The SMILES string of the molecule is CCCC(=O)C1=CC[C@H]2[C@@H]3CC[C@H](OC(C)=O)[C@@]3(C)CC[C@@H]2[C@@]1(C)CCC(=O)OC. The molecule has 2 fully saturated rings. The van der Waals surface area contributed by atoms with Gasteiger partial charge in [-0.25, -0.2) is 0 Å². The van der Waals surface area contributed by atoms with Crippen molar-refractivity contribution < 1.29 is 23.9 Å². The zero-order valence-electron chi connectivity index (χ0n) is 19.3. The van der Waals surface area contributed by atoms with E-state index in [1.807, 2.05) is 6.92 Å². The minimum absolute atomic E-state index is 0.00521. The van der Waals surface area contributed by atoms with Gasteiger partial charge in [-0.1, -0.05) is 26.8 Å². The number of allylic oxidation sites excluding steroid dienone is 2. The molecular formula is C25H38O5. The number of methoxy groups -OCH3 is 1. The van der Waals surface area contributed by atoms with Crippen molar-refractivity contribution in [2.45, 2.75) is 91.6 Å². The summed E-state index contributed by atoms with van der Waals surface area (Å²) in [4.78, 5) is 36.6. The van der Waals surface area contributed by atoms with Gasteiger partial charge < -0.3 is 9.47 Å². The van der Waals surface area contributed by atoms with Gasteiger partial charge in [0.05, 0.1) is 7.11 Å². The molecule has 2 saturated carbocycles. The second-order valence-electron chi connectivity index (χ2n) is 10.1. The number of fused-ring (bicyclic) bond motifs is 3. The topological polar surface area (TPSA) is 69.7 Å². The summed E-state index contributed by atoms with van der Waals surface area (Å²) < 4.78 is 10.6. The average molecular weight is 419 g/mol. The Labute approximate surface area is 181 Å². The van der Waals surface area contributed by atoms with Crippen LogP contribution in [0.4, 0.5) is 0 Å². The summed E-state index contributed by atoms with van der Waals surface area (Å²) in [6.07, 6.45) is 9.47. The first kappa shape index (κ1) is 23.0. The van der Waals surface area contributed by atoms with Crippen molar-refractivity contribution in [1.82, 2.24) is 0 Å². The Morgan fingerprint density at radius 2 is 1.83 bits per heavy atom. The summed E-state index contributed by atoms with van der Waals surface area (Å²) in [5, 5.41) is 0. The van der Waals surface area contributed by atoms with Crippen LogP contribution in [0.3, 0.4) is 0 Å². The molecule has 0 saturated heterocycles. The minimum atomic E-state index is -0.301. The standard InChI is InChI=1S/C25H38O5/c1-6-7-21(27)20-9-8-17-18-10-11-22(30-16(2)26)25(18,4)14-12-19(17)24(20,3)15-13-23(28)29-5/h9,17-19,22H,6-8,10-15H2,1-5H3/t17-,18-,19-,22-,24+,25-/m0/s1. The maximum atomic E-state index is 13.0. The van der Waals surface area contributed by atoms with E-state index in [0.29, 0.717) is 37.0 Å². The van der Waals surface area contributed by atoms with Crippen LogP contribution in [0.1, 0.15) is 85.5 Å². The van der Waals surface area contributed by atoms with Crippen LogP contribution in [-0.4, -0.2) is 30.9 Å². The lowest BCUT2D eigenvalue weighted by molar-refractivity contribution is -0.156. The Kier molecular flexibility index (Phi) is 6.78. The molecule has 0 aromatic rings. The van der Waals surface area contributed by atoms with Crippen LogP contribution in [0.5, 0.6) is 0 Å². The Bertz CT molecular complexity index is 725. The Hall–Kier alpha value is -1.65. The molecule has 0 spiro atoms. The van der Waals surface area contributed by atoms with E-state index in [2.05, 4.69) is 19.9 Å². The fourth-order valence-electron chi connectivity index (χ4n) is 7.02. The highest BCUT2D eigenvalue weighted by molar-refractivity contribution is 5.96. The Morgan fingerprint density at radius 1 is 1.10 bits per heavy atom. The molecule has 3 aliphatic rings. The smallest absolute Gasteiger partial charge is 0.305 e. The first-order chi connectivity index (χ1) is 14.2. The molecule has 5 nitrogen and oxygen atoms in total. The van der Waals surface area contributed by atoms with Gasteiger partial charge in [0.15, 0.2) is 5.78 Å². The van der Waals surface area contributed by atoms with Crippen molar-refractivity contribution in [3.8, 4) is 0 Å². The van der Waals surface area contributed by atoms with Gasteiger partial charge in [-0.3, -0.25) is 14.4 Å². The van der Waals surface area contributed by atoms with Crippen LogP contribution < -0.4 is 0 Å². The van der Waals surface area contributed by atoms with Crippen molar-refractivity contribution in [3.63, 3.8) is 0 Å². The monoisotopic (exact) mass is 418 g/mol. The van der Waals surface area contributed by atoms with Crippen molar-refractivity contribution in [2.24, 2.45) is 28.6 Å². The van der Waals surface area contributed by atoms with Gasteiger partial charge in [0.1, 0.15) is 6.10 Å². The molecule has 0 unspecified atom stereocenters. The molecular weight excluding hydrogens is 380 g/mol. The highest BCUT2D eigenvalue weighted by atomic mass is 16.5. The highest BCUT2D eigenvalue weighted by Crippen LogP contribution is 2.64. The van der Waals surface area contributed by atoms with E-state index >= 15 is 0 Å². The van der Waals surface area contributed by atoms with Crippen molar-refractivity contribution in [3.05, 3.63) is 11.6 Å². The van der Waals surface area contributed by atoms with E-state index in [1.54, 1.807) is 0 Å². The lowest BCUT2D eigenvalue weighted by Gasteiger charge is -2.56. The maximum absolute atomic E-state index is 13.0. The largest absolute Gasteiger partial charge is 0.469 e. The summed E-state index contributed by atoms with van der Waals surface area (Å²) in [6.45, 7) is 8.03. The molecule has 3 aliphatic carbocycles. The number of Topliss-reactive ketones (excluding diaryl/α,β-unsaturated/α-hetero) is 1. The molecule has 168 valence electrons. The highest BCUT2D eigenvalue weighted by Gasteiger charge is 2.59. The third-order valence-corrected chi connectivity index (χ3v) is 8.54. The Morgan fingerprint density at radius 3 is 2.47 bits per heavy atom. The van der Waals surface area contributed by atoms with Crippen molar-refractivity contribution in [2.75, 3.05) is 7.11 Å². The van der Waals surface area contributed by atoms with E-state index in [1.165, 1.54) is 14.0 Å². The summed E-state index contributed by atoms with van der Waals surface area (Å²) >= 11 is 0. The van der Waals surface area contributed by atoms with E-state index in [9.17, 15) is 14.4 Å². The lowest BCUT2D eigenvalue weighted by atomic mass is 9.49. The normalized spacial score (nSPS) is 37.6. The first-order valence-electron chi connectivity index (χ1n) is 11.6. The number of esters is 2. The lowest BCUT2D eigenvalue weighted by Crippen LogP contribution is -2.51. The molecule has 0 heterocycles. The zero-order chi connectivity index (χ0) is 22.1. The van der Waals surface area contributed by atoms with Crippen molar-refractivity contribution in [1.29, 1.82) is 0 Å². The van der Waals surface area contributed by atoms with Crippen LogP contribution in [0.15, 0.2) is 11.6 Å². The second-order valence-corrected chi connectivity index (χ2v) is 10.1. The van der Waals surface area contributed by atoms with Crippen LogP contribution in [0.2, 0.25) is 0 Å². The number of carbonyl (C=O) groups excluding carboxylic acids is 3. The number of rotatable bonds is 7. The molecule has 0 aromatic carbocycles. The molecule has 0 aromatic heterocycles.